The van der Waals surface area contributed by atoms with Crippen molar-refractivity contribution in [1.29, 1.82) is 0 Å². The van der Waals surface area contributed by atoms with Crippen LogP contribution in [0.4, 0.5) is 0 Å². The Labute approximate surface area is 164 Å². The lowest BCUT2D eigenvalue weighted by Gasteiger charge is -2.36. The van der Waals surface area contributed by atoms with Gasteiger partial charge in [0.1, 0.15) is 18.5 Å². The van der Waals surface area contributed by atoms with E-state index in [0.29, 0.717) is 18.8 Å². The molecule has 1 saturated heterocycles. The molecule has 0 radical (unpaired) electrons. The van der Waals surface area contributed by atoms with Crippen LogP contribution in [0.1, 0.15) is 34.7 Å². The van der Waals surface area contributed by atoms with E-state index in [1.165, 1.54) is 6.26 Å². The second kappa shape index (κ2) is 8.31. The molecule has 144 valence electrons. The Kier molecular flexibility index (Phi) is 5.44. The first-order valence-electron chi connectivity index (χ1n) is 9.44. The van der Waals surface area contributed by atoms with Crippen molar-refractivity contribution in [3.8, 4) is 5.75 Å². The molecule has 0 bridgehead atoms. The highest BCUT2D eigenvalue weighted by Crippen LogP contribution is 2.27. The number of ether oxygens (including phenoxy) is 2. The lowest BCUT2D eigenvalue weighted by atomic mass is 10.1. The highest BCUT2D eigenvalue weighted by molar-refractivity contribution is 5.93. The summed E-state index contributed by atoms with van der Waals surface area (Å²) in [5.74, 6) is 0.954. The van der Waals surface area contributed by atoms with Gasteiger partial charge in [0, 0.05) is 12.1 Å². The number of morpholine rings is 1. The van der Waals surface area contributed by atoms with Crippen LogP contribution in [-0.2, 0) is 11.3 Å². The van der Waals surface area contributed by atoms with Crippen molar-refractivity contribution in [2.24, 2.45) is 0 Å². The van der Waals surface area contributed by atoms with E-state index in [-0.39, 0.29) is 24.7 Å². The van der Waals surface area contributed by atoms with Gasteiger partial charge in [0.25, 0.3) is 5.91 Å². The van der Waals surface area contributed by atoms with Gasteiger partial charge in [-0.25, -0.2) is 0 Å². The van der Waals surface area contributed by atoms with Gasteiger partial charge in [-0.3, -0.25) is 4.79 Å². The fourth-order valence-corrected chi connectivity index (χ4v) is 3.43. The van der Waals surface area contributed by atoms with Gasteiger partial charge in [-0.15, -0.1) is 0 Å². The van der Waals surface area contributed by atoms with Crippen molar-refractivity contribution in [3.63, 3.8) is 0 Å². The average Bonchev–Trinajstić information content (AvgIpc) is 3.21. The van der Waals surface area contributed by atoms with E-state index < -0.39 is 0 Å². The molecule has 0 spiro atoms. The fraction of sp³-hybridized carbons (Fsp3) is 0.261. The number of carbonyl (C=O) groups excluding carboxylic acids is 1. The topological polar surface area (TPSA) is 51.9 Å². The second-order valence-electron chi connectivity index (χ2n) is 6.93. The van der Waals surface area contributed by atoms with Crippen molar-refractivity contribution in [2.75, 3.05) is 13.1 Å². The van der Waals surface area contributed by atoms with E-state index in [9.17, 15) is 4.79 Å². The summed E-state index contributed by atoms with van der Waals surface area (Å²) in [6.07, 6.45) is 1.34. The molecular formula is C23H23NO4. The summed E-state index contributed by atoms with van der Waals surface area (Å²) < 4.78 is 17.4. The van der Waals surface area contributed by atoms with Gasteiger partial charge in [0.05, 0.1) is 18.9 Å². The zero-order chi connectivity index (χ0) is 19.3. The summed E-state index contributed by atoms with van der Waals surface area (Å²) in [6.45, 7) is 3.29. The first-order chi connectivity index (χ1) is 13.7. The third kappa shape index (κ3) is 4.10. The highest BCUT2D eigenvalue weighted by Gasteiger charge is 2.32. The second-order valence-corrected chi connectivity index (χ2v) is 6.93. The summed E-state index contributed by atoms with van der Waals surface area (Å²) in [7, 11) is 0. The molecule has 1 aromatic heterocycles. The molecule has 5 heteroatoms. The quantitative estimate of drug-likeness (QED) is 0.659. The largest absolute Gasteiger partial charge is 0.489 e. The summed E-state index contributed by atoms with van der Waals surface area (Å²) in [6, 6.07) is 21.3. The Morgan fingerprint density at radius 3 is 2.50 bits per heavy atom. The monoisotopic (exact) mass is 377 g/mol. The van der Waals surface area contributed by atoms with Gasteiger partial charge >= 0.3 is 0 Å². The van der Waals surface area contributed by atoms with E-state index in [0.717, 1.165) is 16.9 Å². The lowest BCUT2D eigenvalue weighted by Crippen LogP contribution is -2.46. The molecule has 1 fully saturated rings. The minimum atomic E-state index is -0.145. The van der Waals surface area contributed by atoms with Crippen molar-refractivity contribution in [2.45, 2.75) is 25.7 Å². The molecule has 2 heterocycles. The maximum Gasteiger partial charge on any atom is 0.290 e. The standard InChI is InChI=1S/C23H23NO4/c1-17-14-24(15-21(28-17)18-8-4-2-5-9-18)23(25)22-19(12-13-26-22)16-27-20-10-6-3-7-11-20/h2-13,17,21H,14-16H2,1H3. The summed E-state index contributed by atoms with van der Waals surface area (Å²) in [5.41, 5.74) is 1.81. The van der Waals surface area contributed by atoms with Crippen LogP contribution in [0.3, 0.4) is 0 Å². The molecule has 0 N–H and O–H groups in total. The molecule has 0 aliphatic carbocycles. The van der Waals surface area contributed by atoms with Gasteiger partial charge in [0.2, 0.25) is 0 Å². The summed E-state index contributed by atoms with van der Waals surface area (Å²) in [5, 5.41) is 0. The Bertz CT molecular complexity index is 907. The fourth-order valence-electron chi connectivity index (χ4n) is 3.43. The molecule has 3 aromatic rings. The lowest BCUT2D eigenvalue weighted by molar-refractivity contribution is -0.0697. The maximum absolute atomic E-state index is 13.1. The van der Waals surface area contributed by atoms with Crippen molar-refractivity contribution < 1.29 is 18.7 Å². The Morgan fingerprint density at radius 2 is 1.75 bits per heavy atom. The third-order valence-electron chi connectivity index (χ3n) is 4.80. The smallest absolute Gasteiger partial charge is 0.290 e. The number of para-hydroxylation sites is 1. The van der Waals surface area contributed by atoms with E-state index in [2.05, 4.69) is 0 Å². The van der Waals surface area contributed by atoms with Crippen molar-refractivity contribution in [1.82, 2.24) is 4.90 Å². The molecule has 1 aliphatic rings. The molecular weight excluding hydrogens is 354 g/mol. The van der Waals surface area contributed by atoms with Crippen LogP contribution >= 0.6 is 0 Å². The Balaban J connectivity index is 1.47. The first kappa shape index (κ1) is 18.3. The predicted molar refractivity (Wildman–Crippen MR) is 105 cm³/mol. The summed E-state index contributed by atoms with van der Waals surface area (Å²) in [4.78, 5) is 14.9. The molecule has 4 rings (SSSR count). The highest BCUT2D eigenvalue weighted by atomic mass is 16.5. The van der Waals surface area contributed by atoms with Gasteiger partial charge in [-0.2, -0.15) is 0 Å². The molecule has 2 aromatic carbocycles. The van der Waals surface area contributed by atoms with Crippen LogP contribution < -0.4 is 4.74 Å². The minimum absolute atomic E-state index is 0.0538. The molecule has 1 aliphatic heterocycles. The van der Waals surface area contributed by atoms with E-state index >= 15 is 0 Å². The van der Waals surface area contributed by atoms with Crippen LogP contribution in [0, 0.1) is 0 Å². The van der Waals surface area contributed by atoms with Gasteiger partial charge in [0.15, 0.2) is 5.76 Å². The number of hydrogen-bond donors (Lipinski definition) is 0. The number of amides is 1. The molecule has 2 atom stereocenters. The summed E-state index contributed by atoms with van der Waals surface area (Å²) >= 11 is 0. The Hall–Kier alpha value is -3.05. The van der Waals surface area contributed by atoms with Crippen LogP contribution in [0.5, 0.6) is 5.75 Å². The van der Waals surface area contributed by atoms with Crippen molar-refractivity contribution >= 4 is 5.91 Å². The molecule has 2 unspecified atom stereocenters. The van der Waals surface area contributed by atoms with Crippen LogP contribution in [-0.4, -0.2) is 30.0 Å². The normalized spacial score (nSPS) is 19.4. The van der Waals surface area contributed by atoms with Gasteiger partial charge in [-0.05, 0) is 30.7 Å². The van der Waals surface area contributed by atoms with Crippen LogP contribution in [0.2, 0.25) is 0 Å². The average molecular weight is 377 g/mol. The number of rotatable bonds is 5. The number of hydrogen-bond acceptors (Lipinski definition) is 4. The molecule has 28 heavy (non-hydrogen) atoms. The zero-order valence-electron chi connectivity index (χ0n) is 15.8. The minimum Gasteiger partial charge on any atom is -0.489 e. The van der Waals surface area contributed by atoms with Gasteiger partial charge < -0.3 is 18.8 Å². The number of benzene rings is 2. The molecule has 5 nitrogen and oxygen atoms in total. The number of carbonyl (C=O) groups is 1. The third-order valence-corrected chi connectivity index (χ3v) is 4.80. The Morgan fingerprint density at radius 1 is 1.04 bits per heavy atom. The van der Waals surface area contributed by atoms with Crippen LogP contribution in [0.25, 0.3) is 0 Å². The molecule has 1 amide bonds. The SMILES string of the molecule is CC1CN(C(=O)c2occc2COc2ccccc2)CC(c2ccccc2)O1. The van der Waals surface area contributed by atoms with E-state index in [1.54, 1.807) is 11.0 Å². The van der Waals surface area contributed by atoms with Gasteiger partial charge in [-0.1, -0.05) is 48.5 Å². The number of furan rings is 1. The predicted octanol–water partition coefficient (Wildman–Crippen LogP) is 4.46. The van der Waals surface area contributed by atoms with Crippen molar-refractivity contribution in [3.05, 3.63) is 89.9 Å². The number of nitrogens with zero attached hydrogens (tertiary/aromatic N) is 1. The molecule has 0 saturated carbocycles. The first-order valence-corrected chi connectivity index (χ1v) is 9.44. The van der Waals surface area contributed by atoms with Crippen LogP contribution in [0.15, 0.2) is 77.4 Å². The zero-order valence-corrected chi connectivity index (χ0v) is 15.8. The maximum atomic E-state index is 13.1. The van der Waals surface area contributed by atoms with E-state index in [4.69, 9.17) is 13.9 Å². The van der Waals surface area contributed by atoms with E-state index in [1.807, 2.05) is 67.6 Å².